The topological polar surface area (TPSA) is 326 Å². The van der Waals surface area contributed by atoms with Gasteiger partial charge in [0.05, 0.1) is 25.3 Å². The van der Waals surface area contributed by atoms with Crippen LogP contribution < -0.4 is 29.6 Å². The van der Waals surface area contributed by atoms with Crippen LogP contribution in [0.25, 0.3) is 0 Å². The number of aryl methyl sites for hydroxylation is 2. The van der Waals surface area contributed by atoms with Crippen molar-refractivity contribution in [2.45, 2.75) is 23.6 Å². The van der Waals surface area contributed by atoms with Gasteiger partial charge in [-0.15, -0.1) is 4.31 Å². The molecule has 4 amide bonds. The molecule has 4 rings (SSSR count). The molecule has 6 N–H and O–H groups in total. The minimum absolute atomic E-state index is 0.0646. The van der Waals surface area contributed by atoms with Crippen LogP contribution in [-0.4, -0.2) is 95.2 Å². The molecule has 0 aliphatic carbocycles. The van der Waals surface area contributed by atoms with E-state index in [2.05, 4.69) is 35.2 Å². The third-order valence-electron chi connectivity index (χ3n) is 5.68. The van der Waals surface area contributed by atoms with Crippen molar-refractivity contribution >= 4 is 55.9 Å². The predicted octanol–water partition coefficient (Wildman–Crippen LogP) is 0.558. The third-order valence-corrected chi connectivity index (χ3v) is 8.81. The Morgan fingerprint density at radius 2 is 1.20 bits per heavy atom. The minimum atomic E-state index is -4.70. The Balaban J connectivity index is 0.000000270. The second kappa shape index (κ2) is 15.6. The molecule has 4 aromatic rings. The number of hydrogen-bond donors (Lipinski definition) is 5. The van der Waals surface area contributed by atoms with Gasteiger partial charge in [0, 0.05) is 0 Å². The Hall–Kier alpha value is -6.56. The summed E-state index contributed by atoms with van der Waals surface area (Å²) in [7, 11) is -6.58. The number of aromatic nitrogens is 6. The second-order valence-electron chi connectivity index (χ2n) is 9.13. The normalized spacial score (nSPS) is 10.9. The summed E-state index contributed by atoms with van der Waals surface area (Å²) in [5.41, 5.74) is 4.17. The van der Waals surface area contributed by atoms with Crippen LogP contribution in [0, 0.1) is 13.8 Å². The molecule has 0 aliphatic rings. The Kier molecular flexibility index (Phi) is 11.8. The number of carbonyl (C=O) groups excluding carboxylic acids is 2. The number of amides is 4. The number of carbonyl (C=O) groups is 4. The first-order valence-electron chi connectivity index (χ1n) is 13.3. The van der Waals surface area contributed by atoms with E-state index in [1.165, 1.54) is 52.3 Å². The first kappa shape index (κ1) is 37.9. The molecule has 22 nitrogen and oxygen atoms in total. The van der Waals surface area contributed by atoms with Crippen molar-refractivity contribution in [3.8, 4) is 12.0 Å². The predicted molar refractivity (Wildman–Crippen MR) is 168 cm³/mol. The Bertz CT molecular complexity index is 2180. The number of nitrogens with two attached hydrogens (primary N) is 1. The van der Waals surface area contributed by atoms with Gasteiger partial charge in [-0.05, 0) is 38.1 Å². The maximum Gasteiger partial charge on any atom is 0.337 e. The average molecular weight is 735 g/mol. The standard InChI is InChI=1S/2C13H13N5O6S/c1-7-15-12(17-13(16-7)24-2)18(11(14)21)25(22,23)9-6-4-3-5-8(9)10(19)20;1-7-14-11(17-13(15-7)24-2)16-12(21)18-25(22,23)9-6-4-3-5-8(9)10(19)20/h3-6H,1-2H3,(H2,14,21)(H,19,20);3-6H,1-2H3,(H,19,20)(H2,14,15,16,17,18,21). The number of methoxy groups -OCH3 is 2. The average Bonchev–Trinajstić information content (AvgIpc) is 3.03. The van der Waals surface area contributed by atoms with Crippen LogP contribution >= 0.6 is 0 Å². The fourth-order valence-electron chi connectivity index (χ4n) is 3.70. The minimum Gasteiger partial charge on any atom is -0.478 e. The van der Waals surface area contributed by atoms with Crippen LogP contribution in [0.15, 0.2) is 58.3 Å². The van der Waals surface area contributed by atoms with Crippen molar-refractivity contribution in [3.05, 3.63) is 71.3 Å². The zero-order chi connectivity index (χ0) is 37.4. The lowest BCUT2D eigenvalue weighted by Crippen LogP contribution is -2.42. The SMILES string of the molecule is COc1nc(C)nc(N(C(N)=O)S(=O)(=O)c2ccccc2C(=O)O)n1.COc1nc(C)nc(NC(=O)NS(=O)(=O)c2ccccc2C(=O)O)n1. The number of ether oxygens (including phenoxy) is 2. The number of anilines is 2. The summed E-state index contributed by atoms with van der Waals surface area (Å²) in [5.74, 6) is -3.48. The highest BCUT2D eigenvalue weighted by molar-refractivity contribution is 7.93. The van der Waals surface area contributed by atoms with Crippen LogP contribution in [0.1, 0.15) is 32.4 Å². The monoisotopic (exact) mass is 734 g/mol. The van der Waals surface area contributed by atoms with Crippen LogP contribution in [0.2, 0.25) is 0 Å². The van der Waals surface area contributed by atoms with Gasteiger partial charge in [-0.2, -0.15) is 29.9 Å². The Labute approximate surface area is 282 Å². The van der Waals surface area contributed by atoms with E-state index in [1.54, 1.807) is 4.72 Å². The van der Waals surface area contributed by atoms with Crippen molar-refractivity contribution < 1.29 is 55.7 Å². The van der Waals surface area contributed by atoms with Crippen LogP contribution in [0.4, 0.5) is 21.5 Å². The molecule has 0 atom stereocenters. The highest BCUT2D eigenvalue weighted by Gasteiger charge is 2.35. The quantitative estimate of drug-likeness (QED) is 0.148. The summed E-state index contributed by atoms with van der Waals surface area (Å²) in [6, 6.07) is 6.71. The number of hydrogen-bond acceptors (Lipinski definition) is 16. The molecule has 50 heavy (non-hydrogen) atoms. The first-order chi connectivity index (χ1) is 23.4. The number of primary amides is 1. The van der Waals surface area contributed by atoms with E-state index in [4.69, 9.17) is 20.3 Å². The van der Waals surface area contributed by atoms with Crippen molar-refractivity contribution in [1.82, 2.24) is 34.6 Å². The number of carboxylic acids is 2. The van der Waals surface area contributed by atoms with Gasteiger partial charge in [-0.3, -0.25) is 5.32 Å². The zero-order valence-electron chi connectivity index (χ0n) is 26.1. The van der Waals surface area contributed by atoms with Gasteiger partial charge in [0.15, 0.2) is 0 Å². The molecule has 0 fully saturated rings. The summed E-state index contributed by atoms with van der Waals surface area (Å²) in [5, 5.41) is 20.4. The van der Waals surface area contributed by atoms with Gasteiger partial charge < -0.3 is 25.4 Å². The Morgan fingerprint density at radius 3 is 1.72 bits per heavy atom. The number of aromatic carboxylic acids is 2. The fraction of sp³-hybridized carbons (Fsp3) is 0.154. The van der Waals surface area contributed by atoms with E-state index >= 15 is 0 Å². The summed E-state index contributed by atoms with van der Waals surface area (Å²) in [6.07, 6.45) is 0. The second-order valence-corrected chi connectivity index (χ2v) is 12.5. The van der Waals surface area contributed by atoms with E-state index in [1.807, 2.05) is 0 Å². The van der Waals surface area contributed by atoms with E-state index in [0.717, 1.165) is 24.3 Å². The summed E-state index contributed by atoms with van der Waals surface area (Å²) in [4.78, 5) is 67.5. The zero-order valence-corrected chi connectivity index (χ0v) is 27.8. The molecule has 0 saturated heterocycles. The number of sulfonamides is 2. The molecule has 264 valence electrons. The number of nitrogens with one attached hydrogen (secondary N) is 2. The molecule has 0 aliphatic heterocycles. The Morgan fingerprint density at radius 1 is 0.720 bits per heavy atom. The number of carboxylic acid groups (broad SMARTS) is 2. The van der Waals surface area contributed by atoms with E-state index < -0.39 is 70.9 Å². The van der Waals surface area contributed by atoms with Gasteiger partial charge in [0.1, 0.15) is 21.4 Å². The number of rotatable bonds is 10. The molecule has 0 saturated carbocycles. The van der Waals surface area contributed by atoms with Crippen LogP contribution in [-0.2, 0) is 20.0 Å². The van der Waals surface area contributed by atoms with Crippen molar-refractivity contribution in [2.75, 3.05) is 23.8 Å². The van der Waals surface area contributed by atoms with Crippen LogP contribution in [0.3, 0.4) is 0 Å². The summed E-state index contributed by atoms with van der Waals surface area (Å²) >= 11 is 0. The smallest absolute Gasteiger partial charge is 0.337 e. The van der Waals surface area contributed by atoms with Crippen molar-refractivity contribution in [2.24, 2.45) is 5.73 Å². The van der Waals surface area contributed by atoms with Gasteiger partial charge in [0.25, 0.3) is 26.0 Å². The number of benzene rings is 2. The molecule has 0 spiro atoms. The van der Waals surface area contributed by atoms with Gasteiger partial charge in [-0.25, -0.2) is 40.7 Å². The van der Waals surface area contributed by atoms with Crippen LogP contribution in [0.5, 0.6) is 12.0 Å². The number of urea groups is 2. The van der Waals surface area contributed by atoms with Gasteiger partial charge in [0.2, 0.25) is 5.95 Å². The highest BCUT2D eigenvalue weighted by Crippen LogP contribution is 2.25. The maximum atomic E-state index is 12.8. The molecular weight excluding hydrogens is 708 g/mol. The van der Waals surface area contributed by atoms with Crippen molar-refractivity contribution in [3.63, 3.8) is 0 Å². The lowest BCUT2D eigenvalue weighted by Gasteiger charge is -2.19. The van der Waals surface area contributed by atoms with E-state index in [9.17, 15) is 41.1 Å². The number of nitrogens with zero attached hydrogens (tertiary/aromatic N) is 7. The summed E-state index contributed by atoms with van der Waals surface area (Å²) < 4.78 is 61.5. The third kappa shape index (κ3) is 9.07. The molecular formula is C26H26N10O12S2. The van der Waals surface area contributed by atoms with E-state index in [-0.39, 0.29) is 33.9 Å². The molecule has 2 aromatic heterocycles. The molecule has 0 bridgehead atoms. The lowest BCUT2D eigenvalue weighted by molar-refractivity contribution is 0.0682. The van der Waals surface area contributed by atoms with E-state index in [0.29, 0.717) is 0 Å². The molecule has 2 heterocycles. The molecule has 0 unspecified atom stereocenters. The maximum absolute atomic E-state index is 12.8. The van der Waals surface area contributed by atoms with Crippen molar-refractivity contribution in [1.29, 1.82) is 0 Å². The van der Waals surface area contributed by atoms with Gasteiger partial charge in [-0.1, -0.05) is 24.3 Å². The summed E-state index contributed by atoms with van der Waals surface area (Å²) in [6.45, 7) is 2.94. The lowest BCUT2D eigenvalue weighted by atomic mass is 10.2. The highest BCUT2D eigenvalue weighted by atomic mass is 32.2. The fourth-order valence-corrected chi connectivity index (χ4v) is 6.22. The van der Waals surface area contributed by atoms with Gasteiger partial charge >= 0.3 is 36.0 Å². The molecule has 24 heteroatoms. The largest absolute Gasteiger partial charge is 0.478 e. The first-order valence-corrected chi connectivity index (χ1v) is 16.2. The molecule has 2 aromatic carbocycles. The molecule has 0 radical (unpaired) electrons.